The Kier molecular flexibility index (Phi) is 3.01. The topological polar surface area (TPSA) is 92.9 Å². The molecule has 0 atom stereocenters. The number of nitrogens with zero attached hydrogens (tertiary/aromatic N) is 2. The van der Waals surface area contributed by atoms with Gasteiger partial charge in [0.05, 0.1) is 5.54 Å². The summed E-state index contributed by atoms with van der Waals surface area (Å²) >= 11 is 0. The van der Waals surface area contributed by atoms with Crippen LogP contribution in [0.25, 0.3) is 0 Å². The first-order valence-electron chi connectivity index (χ1n) is 7.90. The molecule has 0 bridgehead atoms. The second-order valence-electron chi connectivity index (χ2n) is 6.41. The molecule has 118 valence electrons. The first kappa shape index (κ1) is 14.0. The maximum Gasteiger partial charge on any atom is 0.252 e. The maximum atomic E-state index is 12.4. The van der Waals surface area contributed by atoms with E-state index in [1.54, 1.807) is 6.07 Å². The molecule has 1 spiro atoms. The Morgan fingerprint density at radius 2 is 2.00 bits per heavy atom. The van der Waals surface area contributed by atoms with Crippen LogP contribution in [0.5, 0.6) is 0 Å². The molecule has 1 aromatic heterocycles. The summed E-state index contributed by atoms with van der Waals surface area (Å²) in [6.45, 7) is 1.98. The van der Waals surface area contributed by atoms with Crippen LogP contribution >= 0.6 is 0 Å². The van der Waals surface area contributed by atoms with Gasteiger partial charge >= 0.3 is 0 Å². The van der Waals surface area contributed by atoms with Crippen molar-refractivity contribution >= 4 is 23.2 Å². The molecule has 2 aliphatic rings. The van der Waals surface area contributed by atoms with E-state index in [1.165, 1.54) is 6.33 Å². The van der Waals surface area contributed by atoms with E-state index in [4.69, 9.17) is 5.73 Å². The number of rotatable bonds is 2. The van der Waals surface area contributed by atoms with Gasteiger partial charge in [-0.25, -0.2) is 9.97 Å². The highest BCUT2D eigenvalue weighted by molar-refractivity contribution is 6.02. The lowest BCUT2D eigenvalue weighted by Gasteiger charge is -2.25. The second kappa shape index (κ2) is 4.94. The monoisotopic (exact) mass is 309 g/mol. The van der Waals surface area contributed by atoms with Crippen LogP contribution in [0.15, 0.2) is 24.5 Å². The van der Waals surface area contributed by atoms with Crippen molar-refractivity contribution in [3.8, 4) is 0 Å². The van der Waals surface area contributed by atoms with Crippen LogP contribution in [-0.2, 0) is 5.54 Å². The van der Waals surface area contributed by atoms with Crippen molar-refractivity contribution in [1.29, 1.82) is 0 Å². The molecule has 1 fully saturated rings. The van der Waals surface area contributed by atoms with Gasteiger partial charge < -0.3 is 16.4 Å². The Morgan fingerprint density at radius 1 is 1.22 bits per heavy atom. The fourth-order valence-electron chi connectivity index (χ4n) is 3.85. The molecule has 6 nitrogen and oxygen atoms in total. The van der Waals surface area contributed by atoms with Gasteiger partial charge in [-0.15, -0.1) is 0 Å². The van der Waals surface area contributed by atoms with Crippen LogP contribution < -0.4 is 16.4 Å². The Hall–Kier alpha value is -2.63. The average Bonchev–Trinajstić information content (AvgIpc) is 3.06. The number of hydrogen-bond donors (Lipinski definition) is 3. The number of nitrogens with two attached hydrogens (primary N) is 1. The zero-order valence-corrected chi connectivity index (χ0v) is 13.0. The number of aryl methyl sites for hydroxylation is 1. The van der Waals surface area contributed by atoms with Crippen molar-refractivity contribution in [2.75, 3.05) is 11.1 Å². The van der Waals surface area contributed by atoms with Gasteiger partial charge in [-0.1, -0.05) is 12.8 Å². The summed E-state index contributed by atoms with van der Waals surface area (Å²) in [6.07, 6.45) is 5.75. The first-order valence-corrected chi connectivity index (χ1v) is 7.90. The molecule has 2 heterocycles. The van der Waals surface area contributed by atoms with Crippen molar-refractivity contribution in [3.05, 3.63) is 41.2 Å². The van der Waals surface area contributed by atoms with Crippen molar-refractivity contribution in [2.24, 2.45) is 0 Å². The second-order valence-corrected chi connectivity index (χ2v) is 6.41. The molecule has 0 saturated heterocycles. The van der Waals surface area contributed by atoms with E-state index in [2.05, 4.69) is 26.7 Å². The summed E-state index contributed by atoms with van der Waals surface area (Å²) < 4.78 is 0. The third-order valence-electron chi connectivity index (χ3n) is 4.85. The normalized spacial score (nSPS) is 18.0. The largest absolute Gasteiger partial charge is 0.384 e. The number of fused-ring (bicyclic) bond motifs is 2. The summed E-state index contributed by atoms with van der Waals surface area (Å²) in [5.41, 5.74) is 9.37. The highest BCUT2D eigenvalue weighted by atomic mass is 16.2. The molecular formula is C17H19N5O. The number of aromatic nitrogens is 2. The lowest BCUT2D eigenvalue weighted by atomic mass is 9.87. The Bertz CT molecular complexity index is 796. The minimum atomic E-state index is -0.181. The summed E-state index contributed by atoms with van der Waals surface area (Å²) in [5.74, 6) is 1.12. The molecule has 1 aromatic carbocycles. The number of anilines is 3. The smallest absolute Gasteiger partial charge is 0.252 e. The number of carbonyl (C=O) groups excluding carboxylic acids is 1. The van der Waals surface area contributed by atoms with Gasteiger partial charge in [0.1, 0.15) is 18.0 Å². The van der Waals surface area contributed by atoms with Crippen molar-refractivity contribution < 1.29 is 4.79 Å². The molecule has 1 amide bonds. The molecule has 1 saturated carbocycles. The van der Waals surface area contributed by atoms with E-state index >= 15 is 0 Å². The average molecular weight is 309 g/mol. The Labute approximate surface area is 134 Å². The number of hydrogen-bond acceptors (Lipinski definition) is 5. The predicted molar refractivity (Wildman–Crippen MR) is 88.5 cm³/mol. The molecule has 4 rings (SSSR count). The first-order chi connectivity index (χ1) is 11.1. The van der Waals surface area contributed by atoms with Crippen LogP contribution in [0.1, 0.15) is 47.2 Å². The van der Waals surface area contributed by atoms with E-state index in [0.29, 0.717) is 11.6 Å². The molecule has 0 radical (unpaired) electrons. The van der Waals surface area contributed by atoms with E-state index in [1.807, 2.05) is 13.0 Å². The Balaban J connectivity index is 1.76. The lowest BCUT2D eigenvalue weighted by molar-refractivity contribution is 0.0930. The number of carbonyl (C=O) groups is 1. The Morgan fingerprint density at radius 3 is 2.74 bits per heavy atom. The summed E-state index contributed by atoms with van der Waals surface area (Å²) in [7, 11) is 0. The van der Waals surface area contributed by atoms with E-state index in [0.717, 1.165) is 48.1 Å². The van der Waals surface area contributed by atoms with Gasteiger partial charge in [-0.05, 0) is 43.0 Å². The summed E-state index contributed by atoms with van der Waals surface area (Å²) in [5, 5.41) is 6.49. The van der Waals surface area contributed by atoms with E-state index in [-0.39, 0.29) is 11.4 Å². The lowest BCUT2D eigenvalue weighted by Crippen LogP contribution is -2.36. The number of nitrogen functional groups attached to an aromatic ring is 1. The standard InChI is InChI=1S/C17H19N5O/c1-10-6-11(21-14-8-13(18)19-9-20-14)7-12-15(10)16(23)22-17(12)4-2-3-5-17/h6-9H,2-5H2,1H3,(H,22,23)(H3,18,19,20,21). The molecular weight excluding hydrogens is 290 g/mol. The van der Waals surface area contributed by atoms with Gasteiger partial charge in [-0.3, -0.25) is 4.79 Å². The minimum absolute atomic E-state index is 0.0530. The third kappa shape index (κ3) is 2.21. The minimum Gasteiger partial charge on any atom is -0.384 e. The number of benzene rings is 1. The molecule has 0 unspecified atom stereocenters. The SMILES string of the molecule is Cc1cc(Nc2cc(N)ncn2)cc2c1C(=O)NC21CCCC1. The zero-order chi connectivity index (χ0) is 16.0. The van der Waals surface area contributed by atoms with Crippen LogP contribution in [0.3, 0.4) is 0 Å². The van der Waals surface area contributed by atoms with Crippen molar-refractivity contribution in [2.45, 2.75) is 38.1 Å². The van der Waals surface area contributed by atoms with Crippen LogP contribution in [0, 0.1) is 6.92 Å². The fraction of sp³-hybridized carbons (Fsp3) is 0.353. The molecule has 4 N–H and O–H groups in total. The van der Waals surface area contributed by atoms with Crippen molar-refractivity contribution in [3.63, 3.8) is 0 Å². The molecule has 1 aliphatic carbocycles. The zero-order valence-electron chi connectivity index (χ0n) is 13.0. The van der Waals surface area contributed by atoms with Gasteiger partial charge in [-0.2, -0.15) is 0 Å². The van der Waals surface area contributed by atoms with Crippen molar-refractivity contribution in [1.82, 2.24) is 15.3 Å². The van der Waals surface area contributed by atoms with Crippen LogP contribution in [-0.4, -0.2) is 15.9 Å². The van der Waals surface area contributed by atoms with Crippen LogP contribution in [0.4, 0.5) is 17.3 Å². The summed E-state index contributed by atoms with van der Waals surface area (Å²) in [6, 6.07) is 5.74. The quantitative estimate of drug-likeness (QED) is 0.793. The predicted octanol–water partition coefficient (Wildman–Crippen LogP) is 2.62. The fourth-order valence-corrected chi connectivity index (χ4v) is 3.85. The van der Waals surface area contributed by atoms with E-state index < -0.39 is 0 Å². The maximum absolute atomic E-state index is 12.4. The summed E-state index contributed by atoms with van der Waals surface area (Å²) in [4.78, 5) is 20.5. The molecule has 1 aliphatic heterocycles. The van der Waals surface area contributed by atoms with Crippen LogP contribution in [0.2, 0.25) is 0 Å². The highest BCUT2D eigenvalue weighted by Crippen LogP contribution is 2.45. The number of amides is 1. The van der Waals surface area contributed by atoms with Gasteiger partial charge in [0.15, 0.2) is 0 Å². The third-order valence-corrected chi connectivity index (χ3v) is 4.85. The highest BCUT2D eigenvalue weighted by Gasteiger charge is 2.45. The molecule has 6 heteroatoms. The van der Waals surface area contributed by atoms with Gasteiger partial charge in [0.2, 0.25) is 0 Å². The molecule has 23 heavy (non-hydrogen) atoms. The molecule has 2 aromatic rings. The van der Waals surface area contributed by atoms with Gasteiger partial charge in [0.25, 0.3) is 5.91 Å². The number of nitrogens with one attached hydrogen (secondary N) is 2. The van der Waals surface area contributed by atoms with Gasteiger partial charge in [0, 0.05) is 17.3 Å². The van der Waals surface area contributed by atoms with E-state index in [9.17, 15) is 4.79 Å².